The molecule has 2 aromatic carbocycles. The van der Waals surface area contributed by atoms with Gasteiger partial charge >= 0.3 is 0 Å². The van der Waals surface area contributed by atoms with Crippen molar-refractivity contribution in [3.63, 3.8) is 0 Å². The number of ether oxygens (including phenoxy) is 2. The van der Waals surface area contributed by atoms with Crippen molar-refractivity contribution in [2.24, 2.45) is 5.92 Å². The van der Waals surface area contributed by atoms with E-state index in [0.717, 1.165) is 0 Å². The summed E-state index contributed by atoms with van der Waals surface area (Å²) in [5, 5.41) is 16.3. The largest absolute Gasteiger partial charge is 0.493 e. The molecule has 0 aliphatic carbocycles. The lowest BCUT2D eigenvalue weighted by Crippen LogP contribution is -2.37. The van der Waals surface area contributed by atoms with Crippen molar-refractivity contribution in [2.75, 3.05) is 25.6 Å². The summed E-state index contributed by atoms with van der Waals surface area (Å²) in [4.78, 5) is 20.5. The highest BCUT2D eigenvalue weighted by molar-refractivity contribution is 6.31. The molecule has 1 heterocycles. The van der Waals surface area contributed by atoms with Crippen LogP contribution in [-0.2, 0) is 4.79 Å². The number of halogens is 2. The zero-order valence-electron chi connectivity index (χ0n) is 18.6. The van der Waals surface area contributed by atoms with Crippen LogP contribution in [-0.4, -0.2) is 47.3 Å². The molecule has 0 radical (unpaired) electrons. The van der Waals surface area contributed by atoms with Crippen molar-refractivity contribution in [2.45, 2.75) is 26.4 Å². The van der Waals surface area contributed by atoms with Crippen molar-refractivity contribution in [1.82, 2.24) is 15.3 Å². The molecule has 0 fully saturated rings. The highest BCUT2D eigenvalue weighted by Gasteiger charge is 2.16. The summed E-state index contributed by atoms with van der Waals surface area (Å²) in [6, 6.07) is 7.70. The van der Waals surface area contributed by atoms with E-state index in [1.165, 1.54) is 25.6 Å². The molecule has 0 spiro atoms. The van der Waals surface area contributed by atoms with E-state index in [1.807, 2.05) is 13.8 Å². The molecule has 8 nitrogen and oxygen atoms in total. The number of hydrogen-bond donors (Lipinski definition) is 3. The molecule has 33 heavy (non-hydrogen) atoms. The average molecular weight is 477 g/mol. The number of aliphatic hydroxyl groups is 1. The summed E-state index contributed by atoms with van der Waals surface area (Å²) in [5.41, 5.74) is 1.16. The molecule has 3 N–H and O–H groups in total. The van der Waals surface area contributed by atoms with Gasteiger partial charge in [0.05, 0.1) is 24.2 Å². The van der Waals surface area contributed by atoms with Crippen LogP contribution in [0.4, 0.5) is 15.9 Å². The number of anilines is 2. The molecule has 0 aliphatic heterocycles. The molecule has 1 atom stereocenters. The highest BCUT2D eigenvalue weighted by Crippen LogP contribution is 2.35. The third-order valence-corrected chi connectivity index (χ3v) is 5.05. The second-order valence-electron chi connectivity index (χ2n) is 7.78. The first-order valence-electron chi connectivity index (χ1n) is 10.4. The topological polar surface area (TPSA) is 106 Å². The number of fused-ring (bicyclic) bond motifs is 1. The number of nitrogens with zero attached hydrogens (tertiary/aromatic N) is 2. The molecule has 3 aromatic rings. The summed E-state index contributed by atoms with van der Waals surface area (Å²) in [5.74, 6) is 0.620. The normalized spacial score (nSPS) is 12.0. The van der Waals surface area contributed by atoms with Crippen molar-refractivity contribution < 1.29 is 23.8 Å². The Balaban J connectivity index is 1.74. The molecule has 176 valence electrons. The standard InChI is InChI=1S/C23H26ClFN4O4/c1-13(2)8-19(30)23(31)26-6-7-33-21-10-15-18(11-20(21)32-3)27-12-28-22(15)29-14-4-5-17(25)16(24)9-14/h4-5,9-13,19,30H,6-8H2,1-3H3,(H,26,31)(H,27,28,29)/t19-/m0/s1. The zero-order valence-corrected chi connectivity index (χ0v) is 19.3. The van der Waals surface area contributed by atoms with Crippen molar-refractivity contribution in [3.8, 4) is 11.5 Å². The summed E-state index contributed by atoms with van der Waals surface area (Å²) < 4.78 is 24.7. The first-order chi connectivity index (χ1) is 15.8. The maximum Gasteiger partial charge on any atom is 0.248 e. The molecule has 0 aliphatic rings. The van der Waals surface area contributed by atoms with Gasteiger partial charge in [-0.3, -0.25) is 4.79 Å². The van der Waals surface area contributed by atoms with Crippen LogP contribution in [0, 0.1) is 11.7 Å². The first-order valence-corrected chi connectivity index (χ1v) is 10.8. The summed E-state index contributed by atoms with van der Waals surface area (Å²) in [6.45, 7) is 4.23. The van der Waals surface area contributed by atoms with Gasteiger partial charge in [-0.2, -0.15) is 0 Å². The average Bonchev–Trinajstić information content (AvgIpc) is 2.78. The number of rotatable bonds is 10. The van der Waals surface area contributed by atoms with Crippen LogP contribution < -0.4 is 20.1 Å². The molecule has 0 bridgehead atoms. The number of carbonyl (C=O) groups is 1. The third kappa shape index (κ3) is 6.43. The lowest BCUT2D eigenvalue weighted by molar-refractivity contribution is -0.130. The Morgan fingerprint density at radius 2 is 2.00 bits per heavy atom. The molecule has 3 rings (SSSR count). The second kappa shape index (κ2) is 11.1. The van der Waals surface area contributed by atoms with E-state index >= 15 is 0 Å². The Morgan fingerprint density at radius 1 is 1.21 bits per heavy atom. The number of aromatic nitrogens is 2. The predicted molar refractivity (Wildman–Crippen MR) is 125 cm³/mol. The lowest BCUT2D eigenvalue weighted by atomic mass is 10.1. The quantitative estimate of drug-likeness (QED) is 0.379. The maximum atomic E-state index is 13.5. The van der Waals surface area contributed by atoms with Crippen molar-refractivity contribution in [1.29, 1.82) is 0 Å². The third-order valence-electron chi connectivity index (χ3n) is 4.76. The van der Waals surface area contributed by atoms with E-state index in [1.54, 1.807) is 18.2 Å². The van der Waals surface area contributed by atoms with E-state index in [9.17, 15) is 14.3 Å². The number of aliphatic hydroxyl groups excluding tert-OH is 1. The molecule has 1 amide bonds. The first kappa shape index (κ1) is 24.5. The van der Waals surface area contributed by atoms with Gasteiger partial charge in [0.2, 0.25) is 5.91 Å². The Labute approximate surface area is 196 Å². The fourth-order valence-corrected chi connectivity index (χ4v) is 3.33. The number of nitrogens with one attached hydrogen (secondary N) is 2. The minimum Gasteiger partial charge on any atom is -0.493 e. The minimum atomic E-state index is -1.05. The van der Waals surface area contributed by atoms with E-state index in [4.69, 9.17) is 21.1 Å². The highest BCUT2D eigenvalue weighted by atomic mass is 35.5. The molecular weight excluding hydrogens is 451 g/mol. The van der Waals surface area contributed by atoms with Crippen LogP contribution >= 0.6 is 11.6 Å². The van der Waals surface area contributed by atoms with Crippen LogP contribution in [0.3, 0.4) is 0 Å². The van der Waals surface area contributed by atoms with Gasteiger partial charge in [0.25, 0.3) is 0 Å². The molecule has 0 saturated heterocycles. The number of methoxy groups -OCH3 is 1. The summed E-state index contributed by atoms with van der Waals surface area (Å²) >= 11 is 5.87. The summed E-state index contributed by atoms with van der Waals surface area (Å²) in [7, 11) is 1.51. The lowest BCUT2D eigenvalue weighted by Gasteiger charge is -2.15. The van der Waals surface area contributed by atoms with Crippen LogP contribution in [0.15, 0.2) is 36.7 Å². The Hall–Kier alpha value is -3.17. The van der Waals surface area contributed by atoms with Crippen LogP contribution in [0.1, 0.15) is 20.3 Å². The van der Waals surface area contributed by atoms with E-state index in [2.05, 4.69) is 20.6 Å². The fourth-order valence-electron chi connectivity index (χ4n) is 3.15. The van der Waals surface area contributed by atoms with Gasteiger partial charge < -0.3 is 25.2 Å². The van der Waals surface area contributed by atoms with Crippen molar-refractivity contribution in [3.05, 3.63) is 47.5 Å². The van der Waals surface area contributed by atoms with Gasteiger partial charge in [-0.15, -0.1) is 0 Å². The Kier molecular flexibility index (Phi) is 8.24. The van der Waals surface area contributed by atoms with Crippen molar-refractivity contribution >= 4 is 39.9 Å². The number of benzene rings is 2. The van der Waals surface area contributed by atoms with E-state index in [-0.39, 0.29) is 24.1 Å². The van der Waals surface area contributed by atoms with Gasteiger partial charge in [-0.1, -0.05) is 25.4 Å². The van der Waals surface area contributed by atoms with Gasteiger partial charge in [-0.25, -0.2) is 14.4 Å². The van der Waals surface area contributed by atoms with Gasteiger partial charge in [0.15, 0.2) is 11.5 Å². The maximum absolute atomic E-state index is 13.5. The van der Waals surface area contributed by atoms with E-state index < -0.39 is 17.8 Å². The monoisotopic (exact) mass is 476 g/mol. The van der Waals surface area contributed by atoms with Crippen LogP contribution in [0.5, 0.6) is 11.5 Å². The Morgan fingerprint density at radius 3 is 2.70 bits per heavy atom. The number of amides is 1. The minimum absolute atomic E-state index is 0.00962. The smallest absolute Gasteiger partial charge is 0.248 e. The molecule has 1 aromatic heterocycles. The van der Waals surface area contributed by atoms with Gasteiger partial charge in [0, 0.05) is 17.1 Å². The second-order valence-corrected chi connectivity index (χ2v) is 8.19. The van der Waals surface area contributed by atoms with Crippen LogP contribution in [0.25, 0.3) is 10.9 Å². The zero-order chi connectivity index (χ0) is 24.0. The fraction of sp³-hybridized carbons (Fsp3) is 0.348. The Bertz CT molecular complexity index is 1130. The van der Waals surface area contributed by atoms with E-state index in [0.29, 0.717) is 40.3 Å². The number of carbonyl (C=O) groups excluding carboxylic acids is 1. The molecule has 0 unspecified atom stereocenters. The number of hydrogen-bond acceptors (Lipinski definition) is 7. The van der Waals surface area contributed by atoms with Gasteiger partial charge in [-0.05, 0) is 36.6 Å². The van der Waals surface area contributed by atoms with Gasteiger partial charge in [0.1, 0.15) is 30.7 Å². The van der Waals surface area contributed by atoms with Crippen LogP contribution in [0.2, 0.25) is 5.02 Å². The molecular formula is C23H26ClFN4O4. The summed E-state index contributed by atoms with van der Waals surface area (Å²) in [6.07, 6.45) is 0.736. The molecule has 10 heteroatoms. The predicted octanol–water partition coefficient (Wildman–Crippen LogP) is 4.08. The molecule has 0 saturated carbocycles. The SMILES string of the molecule is COc1cc2ncnc(Nc3ccc(F)c(Cl)c3)c2cc1OCCNC(=O)[C@@H](O)CC(C)C.